The minimum atomic E-state index is -1.06. The number of nitrogens with one attached hydrogen (secondary N) is 3. The Balaban J connectivity index is 1.64. The summed E-state index contributed by atoms with van der Waals surface area (Å²) >= 11 is 5.42. The second-order valence-electron chi connectivity index (χ2n) is 7.69. The van der Waals surface area contributed by atoms with Gasteiger partial charge < -0.3 is 35.3 Å². The molecular formula is C21H33N3O4S. The Morgan fingerprint density at radius 3 is 2.45 bits per heavy atom. The third-order valence-corrected chi connectivity index (χ3v) is 5.99. The van der Waals surface area contributed by atoms with Crippen molar-refractivity contribution in [3.8, 4) is 0 Å². The van der Waals surface area contributed by atoms with Gasteiger partial charge >= 0.3 is 0 Å². The summed E-state index contributed by atoms with van der Waals surface area (Å²) in [5, 5.41) is 21.0. The van der Waals surface area contributed by atoms with Crippen LogP contribution in [0.15, 0.2) is 30.3 Å². The number of anilines is 1. The molecule has 1 aromatic carbocycles. The molecule has 0 aromatic heterocycles. The van der Waals surface area contributed by atoms with Crippen LogP contribution in [0.25, 0.3) is 0 Å². The second-order valence-corrected chi connectivity index (χ2v) is 8.10. The smallest absolute Gasteiger partial charge is 0.184 e. The summed E-state index contributed by atoms with van der Waals surface area (Å²) in [6.45, 7) is 0.441. The van der Waals surface area contributed by atoms with E-state index in [2.05, 4.69) is 16.0 Å². The number of aliphatic hydroxyl groups excluding tert-OH is 1. The van der Waals surface area contributed by atoms with Gasteiger partial charge in [-0.05, 0) is 37.2 Å². The van der Waals surface area contributed by atoms with Crippen molar-refractivity contribution in [1.82, 2.24) is 10.6 Å². The number of methoxy groups -OCH3 is 2. The number of hydrogen-bond donors (Lipinski definition) is 4. The maximum absolute atomic E-state index is 10.4. The van der Waals surface area contributed by atoms with Crippen molar-refractivity contribution in [2.45, 2.75) is 68.8 Å². The Labute approximate surface area is 178 Å². The average molecular weight is 424 g/mol. The molecule has 1 aromatic rings. The van der Waals surface area contributed by atoms with Gasteiger partial charge in [0.2, 0.25) is 0 Å². The van der Waals surface area contributed by atoms with Gasteiger partial charge in [0.15, 0.2) is 11.4 Å². The summed E-state index contributed by atoms with van der Waals surface area (Å²) in [6.07, 6.45) is 3.77. The van der Waals surface area contributed by atoms with Gasteiger partial charge in [-0.25, -0.2) is 0 Å². The Morgan fingerprint density at radius 2 is 1.79 bits per heavy atom. The van der Waals surface area contributed by atoms with E-state index in [4.69, 9.17) is 26.4 Å². The lowest BCUT2D eigenvalue weighted by Gasteiger charge is -2.46. The van der Waals surface area contributed by atoms with Gasteiger partial charge in [0.05, 0.1) is 12.1 Å². The molecule has 1 saturated heterocycles. The maximum Gasteiger partial charge on any atom is 0.184 e. The summed E-state index contributed by atoms with van der Waals surface area (Å²) in [6, 6.07) is 10.0. The van der Waals surface area contributed by atoms with E-state index in [-0.39, 0.29) is 18.2 Å². The van der Waals surface area contributed by atoms with Crippen LogP contribution in [0.3, 0.4) is 0 Å². The van der Waals surface area contributed by atoms with E-state index in [0.717, 1.165) is 18.5 Å². The van der Waals surface area contributed by atoms with Crippen molar-refractivity contribution >= 4 is 23.0 Å². The molecule has 1 saturated carbocycles. The molecule has 29 heavy (non-hydrogen) atoms. The summed E-state index contributed by atoms with van der Waals surface area (Å²) < 4.78 is 17.1. The molecule has 3 rings (SSSR count). The first-order valence-electron chi connectivity index (χ1n) is 10.4. The Hall–Kier alpha value is -1.29. The molecule has 162 valence electrons. The molecule has 5 atom stereocenters. The summed E-state index contributed by atoms with van der Waals surface area (Å²) in [4.78, 5) is 0. The minimum Gasteiger partial charge on any atom is -0.377 e. The SMILES string of the molecule is CO[C@@H]1[C@@H](OC)[C@@H](NC2CCCCC2)[C@@H](CNC(=S)Nc2ccccc2)O[C@@H]1O. The van der Waals surface area contributed by atoms with E-state index < -0.39 is 12.4 Å². The van der Waals surface area contributed by atoms with Crippen LogP contribution >= 0.6 is 12.2 Å². The van der Waals surface area contributed by atoms with Crippen LogP contribution in [-0.4, -0.2) is 67.7 Å². The van der Waals surface area contributed by atoms with Crippen LogP contribution in [0.5, 0.6) is 0 Å². The topological polar surface area (TPSA) is 84.0 Å². The van der Waals surface area contributed by atoms with Gasteiger partial charge in [-0.1, -0.05) is 37.5 Å². The molecule has 0 unspecified atom stereocenters. The fourth-order valence-electron chi connectivity index (χ4n) is 4.26. The molecule has 8 heteroatoms. The average Bonchev–Trinajstić information content (AvgIpc) is 2.74. The van der Waals surface area contributed by atoms with Gasteiger partial charge in [0, 0.05) is 32.5 Å². The quantitative estimate of drug-likeness (QED) is 0.496. The highest BCUT2D eigenvalue weighted by Crippen LogP contribution is 2.26. The van der Waals surface area contributed by atoms with Crippen molar-refractivity contribution < 1.29 is 19.3 Å². The number of aliphatic hydroxyl groups is 1. The fourth-order valence-corrected chi connectivity index (χ4v) is 4.46. The van der Waals surface area contributed by atoms with Crippen LogP contribution in [0.1, 0.15) is 32.1 Å². The lowest BCUT2D eigenvalue weighted by Crippen LogP contribution is -2.67. The van der Waals surface area contributed by atoms with Gasteiger partial charge in [0.25, 0.3) is 0 Å². The summed E-state index contributed by atoms with van der Waals surface area (Å²) in [5.41, 5.74) is 0.917. The predicted molar refractivity (Wildman–Crippen MR) is 117 cm³/mol. The number of benzene rings is 1. The zero-order valence-electron chi connectivity index (χ0n) is 17.2. The molecule has 2 fully saturated rings. The van der Waals surface area contributed by atoms with Crippen LogP contribution in [-0.2, 0) is 14.2 Å². The van der Waals surface area contributed by atoms with Gasteiger partial charge in [-0.2, -0.15) is 0 Å². The zero-order valence-corrected chi connectivity index (χ0v) is 18.0. The lowest BCUT2D eigenvalue weighted by molar-refractivity contribution is -0.267. The standard InChI is InChI=1S/C21H33N3O4S/c1-26-18-17(23-14-9-5-3-6-10-14)16(28-20(25)19(18)27-2)13-22-21(29)24-15-11-7-4-8-12-15/h4,7-8,11-12,14,16-20,23,25H,3,5-6,9-10,13H2,1-2H3,(H2,22,24,29)/t16-,17+,18+,19-,20+/m1/s1. The number of rotatable bonds is 7. The van der Waals surface area contributed by atoms with Crippen molar-refractivity contribution in [3.63, 3.8) is 0 Å². The first-order chi connectivity index (χ1) is 14.1. The molecule has 0 amide bonds. The van der Waals surface area contributed by atoms with Gasteiger partial charge in [-0.3, -0.25) is 0 Å². The van der Waals surface area contributed by atoms with E-state index in [9.17, 15) is 5.11 Å². The highest BCUT2D eigenvalue weighted by Gasteiger charge is 2.46. The minimum absolute atomic E-state index is 0.122. The number of para-hydroxylation sites is 1. The van der Waals surface area contributed by atoms with Gasteiger partial charge in [-0.15, -0.1) is 0 Å². The van der Waals surface area contributed by atoms with E-state index in [0.29, 0.717) is 17.7 Å². The van der Waals surface area contributed by atoms with E-state index in [1.54, 1.807) is 14.2 Å². The summed E-state index contributed by atoms with van der Waals surface area (Å²) in [5.74, 6) is 0. The monoisotopic (exact) mass is 423 g/mol. The Morgan fingerprint density at radius 1 is 1.10 bits per heavy atom. The molecule has 4 N–H and O–H groups in total. The van der Waals surface area contributed by atoms with E-state index in [1.165, 1.54) is 19.3 Å². The maximum atomic E-state index is 10.4. The second kappa shape index (κ2) is 11.2. The molecule has 1 heterocycles. The Bertz CT molecular complexity index is 630. The number of thiocarbonyl (C=S) groups is 1. The predicted octanol–water partition coefficient (Wildman–Crippen LogP) is 2.01. The number of ether oxygens (including phenoxy) is 3. The van der Waals surface area contributed by atoms with Crippen LogP contribution in [0, 0.1) is 0 Å². The van der Waals surface area contributed by atoms with Crippen molar-refractivity contribution in [2.24, 2.45) is 0 Å². The molecular weight excluding hydrogens is 390 g/mol. The first-order valence-corrected chi connectivity index (χ1v) is 10.8. The molecule has 1 aliphatic heterocycles. The van der Waals surface area contributed by atoms with E-state index in [1.807, 2.05) is 30.3 Å². The van der Waals surface area contributed by atoms with E-state index >= 15 is 0 Å². The van der Waals surface area contributed by atoms with Gasteiger partial charge in [0.1, 0.15) is 12.2 Å². The third-order valence-electron chi connectivity index (χ3n) is 5.75. The van der Waals surface area contributed by atoms with Crippen molar-refractivity contribution in [1.29, 1.82) is 0 Å². The number of hydrogen-bond acceptors (Lipinski definition) is 6. The largest absolute Gasteiger partial charge is 0.377 e. The van der Waals surface area contributed by atoms with Crippen molar-refractivity contribution in [2.75, 3.05) is 26.1 Å². The molecule has 0 bridgehead atoms. The van der Waals surface area contributed by atoms with Crippen molar-refractivity contribution in [3.05, 3.63) is 30.3 Å². The third kappa shape index (κ3) is 6.10. The fraction of sp³-hybridized carbons (Fsp3) is 0.667. The molecule has 0 spiro atoms. The van der Waals surface area contributed by atoms with Crippen LogP contribution in [0.4, 0.5) is 5.69 Å². The zero-order chi connectivity index (χ0) is 20.6. The normalized spacial score (nSPS) is 30.7. The highest BCUT2D eigenvalue weighted by molar-refractivity contribution is 7.80. The first kappa shape index (κ1) is 22.4. The summed E-state index contributed by atoms with van der Waals surface area (Å²) in [7, 11) is 3.22. The van der Waals surface area contributed by atoms with Crippen LogP contribution < -0.4 is 16.0 Å². The molecule has 7 nitrogen and oxygen atoms in total. The van der Waals surface area contributed by atoms with Crippen LogP contribution in [0.2, 0.25) is 0 Å². The Kier molecular flexibility index (Phi) is 8.65. The molecule has 1 aliphatic carbocycles. The molecule has 2 aliphatic rings. The highest BCUT2D eigenvalue weighted by atomic mass is 32.1. The molecule has 0 radical (unpaired) electrons. The lowest BCUT2D eigenvalue weighted by atomic mass is 9.90.